The van der Waals surface area contributed by atoms with Gasteiger partial charge in [-0.2, -0.15) is 0 Å². The van der Waals surface area contributed by atoms with E-state index in [9.17, 15) is 29.1 Å². The number of carbonyl (C=O) groups is 5. The zero-order chi connectivity index (χ0) is 44.3. The molecule has 334 valence electrons. The van der Waals surface area contributed by atoms with E-state index in [1.165, 1.54) is 21.1 Å². The Labute approximate surface area is 365 Å². The van der Waals surface area contributed by atoms with E-state index in [4.69, 9.17) is 28.9 Å². The smallest absolute Gasteiger partial charge is 0.416 e. The molecule has 0 radical (unpaired) electrons. The van der Waals surface area contributed by atoms with Gasteiger partial charge in [0.15, 0.2) is 5.13 Å². The highest BCUT2D eigenvalue weighted by molar-refractivity contribution is 7.14. The van der Waals surface area contributed by atoms with E-state index >= 15 is 0 Å². The Morgan fingerprint density at radius 3 is 2.48 bits per heavy atom. The van der Waals surface area contributed by atoms with Gasteiger partial charge >= 0.3 is 18.2 Å². The number of hydrogen-bond donors (Lipinski definition) is 3. The highest BCUT2D eigenvalue weighted by Gasteiger charge is 2.61. The first-order valence-corrected chi connectivity index (χ1v) is 22.6. The second-order valence-electron chi connectivity index (χ2n) is 18.0. The number of fused-ring (bicyclic) bond motifs is 3. The van der Waals surface area contributed by atoms with Gasteiger partial charge in [0.25, 0.3) is 0 Å². The highest BCUT2D eigenvalue weighted by Crippen LogP contribution is 2.46. The average Bonchev–Trinajstić information content (AvgIpc) is 3.65. The Balaban J connectivity index is 1.21. The van der Waals surface area contributed by atoms with Crippen LogP contribution >= 0.6 is 11.3 Å². The Bertz CT molecular complexity index is 2200. The van der Waals surface area contributed by atoms with Crippen molar-refractivity contribution in [2.45, 2.75) is 147 Å². The molecule has 2 saturated carbocycles. The molecule has 5 atom stereocenters. The van der Waals surface area contributed by atoms with E-state index in [0.29, 0.717) is 51.8 Å². The fourth-order valence-electron chi connectivity index (χ4n) is 8.51. The van der Waals surface area contributed by atoms with Crippen LogP contribution in [-0.4, -0.2) is 105 Å². The molecule has 4 amide bonds. The largest absolute Gasteiger partial charge is 0.497 e. The maximum Gasteiger partial charge on any atom is 0.416 e. The van der Waals surface area contributed by atoms with Crippen molar-refractivity contribution in [3.8, 4) is 22.9 Å². The van der Waals surface area contributed by atoms with Crippen molar-refractivity contribution < 1.29 is 48.0 Å². The van der Waals surface area contributed by atoms with Crippen molar-refractivity contribution >= 4 is 57.3 Å². The molecule has 0 bridgehead atoms. The number of ether oxygens (including phenoxy) is 4. The fraction of sp³-hybridized carbons (Fsp3) is 0.578. The lowest BCUT2D eigenvalue weighted by atomic mass is 10.0. The number of carboxylic acids is 1. The SMILES string of the molecule is COc1ccc2c(O[C@@H]3C[C@H]4C(=O)N[C@]5(C(=O)O)CC5C=CCCCCC[C@H](NC(=O)OC5CCCC5)C(=O)N4C3)cc(-c3csc(N(C(=O)OC(C)(C)C)C(C)C)n3)nc2c1. The number of allylic oxidation sites excluding steroid dienone is 1. The Morgan fingerprint density at radius 2 is 1.77 bits per heavy atom. The Hall–Kier alpha value is -5.45. The molecule has 62 heavy (non-hydrogen) atoms. The van der Waals surface area contributed by atoms with Crippen LogP contribution in [0.25, 0.3) is 22.3 Å². The summed E-state index contributed by atoms with van der Waals surface area (Å²) >= 11 is 1.27. The molecule has 4 aliphatic rings. The summed E-state index contributed by atoms with van der Waals surface area (Å²) in [5, 5.41) is 18.8. The standard InChI is InChI=1S/C45H58N6O10S/c1-26(2)51(43(57)61-44(3,4)5)41-47-35(25-62-41)34-22-37(31-19-18-29(58-6)20-33(31)46-34)59-30-21-36-38(52)49-45(40(54)55)23-27(45)14-10-8-7-9-11-17-32(39(53)50(36)24-30)48-42(56)60-28-15-12-13-16-28/h10,14,18-20,22,25-28,30,32,36H,7-9,11-13,15-17,21,23-24H2,1-6H3,(H,48,56)(H,49,52)(H,54,55)/t27?,30-,32+,36+,45-/m1/s1. The number of nitrogens with one attached hydrogen (secondary N) is 2. The first-order valence-electron chi connectivity index (χ1n) is 21.7. The topological polar surface area (TPSA) is 199 Å². The lowest BCUT2D eigenvalue weighted by molar-refractivity contribution is -0.145. The molecule has 7 rings (SSSR count). The summed E-state index contributed by atoms with van der Waals surface area (Å²) in [6.45, 7) is 9.14. The van der Waals surface area contributed by atoms with Crippen molar-refractivity contribution in [2.75, 3.05) is 18.6 Å². The molecule has 3 N–H and O–H groups in total. The van der Waals surface area contributed by atoms with Crippen molar-refractivity contribution in [1.29, 1.82) is 0 Å². The molecular formula is C45H58N6O10S. The van der Waals surface area contributed by atoms with E-state index in [2.05, 4.69) is 10.6 Å². The highest BCUT2D eigenvalue weighted by atomic mass is 32.1. The van der Waals surface area contributed by atoms with Gasteiger partial charge in [-0.05, 0) is 98.1 Å². The zero-order valence-electron chi connectivity index (χ0n) is 36.3. The van der Waals surface area contributed by atoms with E-state index < -0.39 is 59.3 Å². The van der Waals surface area contributed by atoms with Crippen molar-refractivity contribution in [2.24, 2.45) is 5.92 Å². The van der Waals surface area contributed by atoms with Gasteiger partial charge in [0, 0.05) is 41.3 Å². The molecule has 17 heteroatoms. The number of thiazole rings is 1. The van der Waals surface area contributed by atoms with E-state index in [-0.39, 0.29) is 37.5 Å². The van der Waals surface area contributed by atoms with Crippen LogP contribution < -0.4 is 25.0 Å². The fourth-order valence-corrected chi connectivity index (χ4v) is 9.45. The maximum atomic E-state index is 14.7. The number of hydrogen-bond acceptors (Lipinski definition) is 12. The summed E-state index contributed by atoms with van der Waals surface area (Å²) in [5.41, 5.74) is -0.745. The molecule has 0 spiro atoms. The first-order chi connectivity index (χ1) is 29.5. The molecular weight excluding hydrogens is 817 g/mol. The minimum atomic E-state index is -1.49. The van der Waals surface area contributed by atoms with Gasteiger partial charge in [0.1, 0.15) is 52.6 Å². The van der Waals surface area contributed by atoms with Gasteiger partial charge in [-0.15, -0.1) is 11.3 Å². The van der Waals surface area contributed by atoms with Crippen LogP contribution in [0.5, 0.6) is 11.5 Å². The molecule has 1 saturated heterocycles. The van der Waals surface area contributed by atoms with Crippen LogP contribution in [0.4, 0.5) is 14.7 Å². The Kier molecular flexibility index (Phi) is 13.3. The molecule has 2 aromatic heterocycles. The third-order valence-electron chi connectivity index (χ3n) is 11.8. The van der Waals surface area contributed by atoms with Crippen LogP contribution in [0.1, 0.15) is 105 Å². The first kappa shape index (κ1) is 44.6. The second kappa shape index (κ2) is 18.5. The monoisotopic (exact) mass is 874 g/mol. The summed E-state index contributed by atoms with van der Waals surface area (Å²) in [4.78, 5) is 80.7. The van der Waals surface area contributed by atoms with E-state index in [0.717, 1.165) is 44.9 Å². The van der Waals surface area contributed by atoms with E-state index in [1.807, 2.05) is 32.1 Å². The number of alkyl carbamates (subject to hydrolysis) is 1. The molecule has 16 nitrogen and oxygen atoms in total. The molecule has 1 aromatic carbocycles. The number of aromatic nitrogens is 2. The number of carbonyl (C=O) groups excluding carboxylic acids is 4. The molecule has 1 unspecified atom stereocenters. The summed E-state index contributed by atoms with van der Waals surface area (Å²) in [6.07, 6.45) is 8.75. The summed E-state index contributed by atoms with van der Waals surface area (Å²) in [7, 11) is 1.55. The number of anilines is 1. The van der Waals surface area contributed by atoms with E-state index in [1.54, 1.807) is 51.5 Å². The molecule has 2 aliphatic heterocycles. The second-order valence-corrected chi connectivity index (χ2v) is 18.8. The lowest BCUT2D eigenvalue weighted by Gasteiger charge is -2.29. The van der Waals surface area contributed by atoms with Crippen LogP contribution in [0.15, 0.2) is 41.8 Å². The van der Waals surface area contributed by atoms with Crippen molar-refractivity contribution in [3.05, 3.63) is 41.8 Å². The van der Waals surface area contributed by atoms with Crippen LogP contribution in [0, 0.1) is 5.92 Å². The molecule has 3 fully saturated rings. The number of amides is 4. The number of methoxy groups -OCH3 is 1. The minimum absolute atomic E-state index is 0.0223. The summed E-state index contributed by atoms with van der Waals surface area (Å²) in [5.74, 6) is -1.63. The lowest BCUT2D eigenvalue weighted by Crippen LogP contribution is -2.56. The zero-order valence-corrected chi connectivity index (χ0v) is 37.1. The van der Waals surface area contributed by atoms with Crippen LogP contribution in [0.3, 0.4) is 0 Å². The summed E-state index contributed by atoms with van der Waals surface area (Å²) in [6, 6.07) is 4.76. The van der Waals surface area contributed by atoms with Gasteiger partial charge in [0.2, 0.25) is 11.8 Å². The predicted molar refractivity (Wildman–Crippen MR) is 232 cm³/mol. The third kappa shape index (κ3) is 10.1. The number of benzene rings is 1. The predicted octanol–water partition coefficient (Wildman–Crippen LogP) is 7.38. The maximum absolute atomic E-state index is 14.7. The minimum Gasteiger partial charge on any atom is -0.497 e. The molecule has 2 aliphatic carbocycles. The van der Waals surface area contributed by atoms with Gasteiger partial charge in [-0.1, -0.05) is 25.0 Å². The quantitative estimate of drug-likeness (QED) is 0.181. The van der Waals surface area contributed by atoms with Gasteiger partial charge in [0.05, 0.1) is 24.9 Å². The van der Waals surface area contributed by atoms with Crippen molar-refractivity contribution in [3.63, 3.8) is 0 Å². The third-order valence-corrected chi connectivity index (χ3v) is 12.7. The van der Waals surface area contributed by atoms with Gasteiger partial charge < -0.3 is 39.6 Å². The van der Waals surface area contributed by atoms with Crippen LogP contribution in [0.2, 0.25) is 0 Å². The number of rotatable bonds is 9. The van der Waals surface area contributed by atoms with Crippen molar-refractivity contribution in [1.82, 2.24) is 25.5 Å². The van der Waals surface area contributed by atoms with Crippen LogP contribution in [-0.2, 0) is 23.9 Å². The number of pyridine rings is 1. The normalized spacial score (nSPS) is 24.7. The average molecular weight is 875 g/mol. The Morgan fingerprint density at radius 1 is 1.02 bits per heavy atom. The molecule has 3 aromatic rings. The molecule has 4 heterocycles. The van der Waals surface area contributed by atoms with Gasteiger partial charge in [-0.25, -0.2) is 24.4 Å². The number of carboxylic acid groups (broad SMARTS) is 1. The summed E-state index contributed by atoms with van der Waals surface area (Å²) < 4.78 is 23.7. The number of aliphatic carboxylic acids is 1. The number of nitrogens with zero attached hydrogens (tertiary/aromatic N) is 4. The van der Waals surface area contributed by atoms with Gasteiger partial charge in [-0.3, -0.25) is 14.5 Å².